The molecule has 1 N–H and O–H groups in total. The highest BCUT2D eigenvalue weighted by molar-refractivity contribution is 7.16. The van der Waals surface area contributed by atoms with Crippen molar-refractivity contribution in [3.63, 3.8) is 0 Å². The van der Waals surface area contributed by atoms with Gasteiger partial charge in [-0.25, -0.2) is 9.37 Å². The third kappa shape index (κ3) is 3.99. The fraction of sp³-hybridized carbons (Fsp3) is 0.238. The number of hydrogen-bond donors (Lipinski definition) is 1. The van der Waals surface area contributed by atoms with Gasteiger partial charge in [0.1, 0.15) is 5.82 Å². The fourth-order valence-corrected chi connectivity index (χ4v) is 3.77. The summed E-state index contributed by atoms with van der Waals surface area (Å²) in [5, 5.41) is 3.40. The van der Waals surface area contributed by atoms with Gasteiger partial charge >= 0.3 is 0 Å². The Morgan fingerprint density at radius 2 is 1.85 bits per heavy atom. The lowest BCUT2D eigenvalue weighted by atomic mass is 10.0. The summed E-state index contributed by atoms with van der Waals surface area (Å²) in [6.07, 6.45) is 1.91. The van der Waals surface area contributed by atoms with Crippen LogP contribution in [0.4, 0.5) is 9.52 Å². The number of benzene rings is 2. The Morgan fingerprint density at radius 1 is 1.12 bits per heavy atom. The summed E-state index contributed by atoms with van der Waals surface area (Å²) < 4.78 is 13.0. The van der Waals surface area contributed by atoms with Crippen molar-refractivity contribution in [1.29, 1.82) is 0 Å². The molecule has 0 saturated heterocycles. The average Bonchev–Trinajstić information content (AvgIpc) is 3.00. The molecule has 2 aromatic carbocycles. The smallest absolute Gasteiger partial charge is 0.257 e. The second-order valence-electron chi connectivity index (χ2n) is 6.30. The molecule has 3 nitrogen and oxygen atoms in total. The van der Waals surface area contributed by atoms with E-state index in [0.717, 1.165) is 29.0 Å². The minimum atomic E-state index is -0.363. The van der Waals surface area contributed by atoms with E-state index in [1.807, 2.05) is 0 Å². The van der Waals surface area contributed by atoms with Crippen molar-refractivity contribution in [1.82, 2.24) is 4.98 Å². The van der Waals surface area contributed by atoms with Crippen molar-refractivity contribution >= 4 is 22.4 Å². The quantitative estimate of drug-likeness (QED) is 0.621. The first-order valence-electron chi connectivity index (χ1n) is 8.62. The summed E-state index contributed by atoms with van der Waals surface area (Å²) in [6, 6.07) is 11.8. The van der Waals surface area contributed by atoms with E-state index in [0.29, 0.717) is 10.7 Å². The minimum Gasteiger partial charge on any atom is -0.298 e. The highest BCUT2D eigenvalue weighted by atomic mass is 32.1. The largest absolute Gasteiger partial charge is 0.298 e. The Hall–Kier alpha value is -2.53. The molecule has 3 rings (SSSR count). The zero-order chi connectivity index (χ0) is 18.7. The van der Waals surface area contributed by atoms with Gasteiger partial charge in [-0.15, -0.1) is 11.3 Å². The van der Waals surface area contributed by atoms with Gasteiger partial charge < -0.3 is 0 Å². The zero-order valence-electron chi connectivity index (χ0n) is 15.1. The standard InChI is InChI=1S/C21H21FN2OS/c1-4-5-18-19(16-7-6-13(2)14(3)12-16)23-21(26-18)24-20(25)15-8-10-17(22)11-9-15/h6-12H,4-5H2,1-3H3,(H,23,24,25). The van der Waals surface area contributed by atoms with Gasteiger partial charge in [-0.3, -0.25) is 10.1 Å². The molecule has 26 heavy (non-hydrogen) atoms. The predicted molar refractivity (Wildman–Crippen MR) is 105 cm³/mol. The number of aromatic nitrogens is 1. The maximum absolute atomic E-state index is 13.0. The first kappa shape index (κ1) is 18.3. The molecular weight excluding hydrogens is 347 g/mol. The first-order chi connectivity index (χ1) is 12.5. The van der Waals surface area contributed by atoms with Crippen molar-refractivity contribution in [2.75, 3.05) is 5.32 Å². The average molecular weight is 368 g/mol. The third-order valence-corrected chi connectivity index (χ3v) is 5.31. The van der Waals surface area contributed by atoms with E-state index in [2.05, 4.69) is 49.3 Å². The van der Waals surface area contributed by atoms with E-state index in [1.165, 1.54) is 46.7 Å². The van der Waals surface area contributed by atoms with E-state index in [1.54, 1.807) is 0 Å². The van der Waals surface area contributed by atoms with E-state index in [9.17, 15) is 9.18 Å². The van der Waals surface area contributed by atoms with Gasteiger partial charge in [0, 0.05) is 16.0 Å². The molecule has 0 spiro atoms. The maximum Gasteiger partial charge on any atom is 0.257 e. The fourth-order valence-electron chi connectivity index (χ4n) is 2.69. The van der Waals surface area contributed by atoms with Gasteiger partial charge in [0.2, 0.25) is 0 Å². The molecule has 1 heterocycles. The number of nitrogens with one attached hydrogen (secondary N) is 1. The van der Waals surface area contributed by atoms with Crippen molar-refractivity contribution in [3.05, 3.63) is 69.8 Å². The van der Waals surface area contributed by atoms with Gasteiger partial charge in [0.05, 0.1) is 5.69 Å². The Morgan fingerprint density at radius 3 is 2.50 bits per heavy atom. The van der Waals surface area contributed by atoms with Gasteiger partial charge in [0.15, 0.2) is 5.13 Å². The molecule has 3 aromatic rings. The van der Waals surface area contributed by atoms with Crippen LogP contribution in [0.2, 0.25) is 0 Å². The van der Waals surface area contributed by atoms with Crippen LogP contribution in [0.1, 0.15) is 39.7 Å². The molecule has 0 aliphatic carbocycles. The lowest BCUT2D eigenvalue weighted by Gasteiger charge is -2.05. The number of amides is 1. The van der Waals surface area contributed by atoms with Crippen LogP contribution in [0.15, 0.2) is 42.5 Å². The molecule has 0 aliphatic heterocycles. The molecule has 0 unspecified atom stereocenters. The lowest BCUT2D eigenvalue weighted by molar-refractivity contribution is 0.102. The third-order valence-electron chi connectivity index (χ3n) is 4.28. The van der Waals surface area contributed by atoms with E-state index in [-0.39, 0.29) is 11.7 Å². The molecule has 1 amide bonds. The molecule has 0 atom stereocenters. The Labute approximate surface area is 156 Å². The molecule has 134 valence electrons. The van der Waals surface area contributed by atoms with Crippen LogP contribution in [0, 0.1) is 19.7 Å². The number of carbonyl (C=O) groups is 1. The second kappa shape index (κ2) is 7.79. The summed E-state index contributed by atoms with van der Waals surface area (Å²) in [7, 11) is 0. The second-order valence-corrected chi connectivity index (χ2v) is 7.38. The molecular formula is C21H21FN2OS. The summed E-state index contributed by atoms with van der Waals surface area (Å²) in [6.45, 7) is 6.30. The summed E-state index contributed by atoms with van der Waals surface area (Å²) in [5.74, 6) is -0.647. The Kier molecular flexibility index (Phi) is 5.47. The first-order valence-corrected chi connectivity index (χ1v) is 9.44. The topological polar surface area (TPSA) is 42.0 Å². The van der Waals surface area contributed by atoms with E-state index >= 15 is 0 Å². The molecule has 0 fully saturated rings. The zero-order valence-corrected chi connectivity index (χ0v) is 15.9. The number of thiazole rings is 1. The molecule has 5 heteroatoms. The molecule has 0 saturated carbocycles. The minimum absolute atomic E-state index is 0.284. The van der Waals surface area contributed by atoms with Crippen molar-refractivity contribution in [2.45, 2.75) is 33.6 Å². The number of anilines is 1. The lowest BCUT2D eigenvalue weighted by Crippen LogP contribution is -2.11. The van der Waals surface area contributed by atoms with Crippen molar-refractivity contribution in [3.8, 4) is 11.3 Å². The van der Waals surface area contributed by atoms with E-state index in [4.69, 9.17) is 0 Å². The Balaban J connectivity index is 1.90. The summed E-state index contributed by atoms with van der Waals surface area (Å²) in [5.41, 5.74) is 4.86. The predicted octanol–water partition coefficient (Wildman–Crippen LogP) is 5.77. The van der Waals surface area contributed by atoms with Gasteiger partial charge in [-0.05, 0) is 61.7 Å². The number of carbonyl (C=O) groups excluding carboxylic acids is 1. The molecule has 0 radical (unpaired) electrons. The van der Waals surface area contributed by atoms with Crippen LogP contribution < -0.4 is 5.32 Å². The highest BCUT2D eigenvalue weighted by Crippen LogP contribution is 2.33. The summed E-state index contributed by atoms with van der Waals surface area (Å²) in [4.78, 5) is 18.2. The molecule has 0 aliphatic rings. The monoisotopic (exact) mass is 368 g/mol. The normalized spacial score (nSPS) is 10.8. The summed E-state index contributed by atoms with van der Waals surface area (Å²) >= 11 is 1.50. The number of nitrogens with zero attached hydrogens (tertiary/aromatic N) is 1. The van der Waals surface area contributed by atoms with Crippen LogP contribution in [-0.4, -0.2) is 10.9 Å². The van der Waals surface area contributed by atoms with Crippen LogP contribution in [-0.2, 0) is 6.42 Å². The highest BCUT2D eigenvalue weighted by Gasteiger charge is 2.15. The maximum atomic E-state index is 13.0. The van der Waals surface area contributed by atoms with Crippen molar-refractivity contribution < 1.29 is 9.18 Å². The van der Waals surface area contributed by atoms with Crippen molar-refractivity contribution in [2.24, 2.45) is 0 Å². The number of halogens is 1. The van der Waals surface area contributed by atoms with Gasteiger partial charge in [-0.2, -0.15) is 0 Å². The van der Waals surface area contributed by atoms with Crippen LogP contribution in [0.5, 0.6) is 0 Å². The van der Waals surface area contributed by atoms with Crippen LogP contribution >= 0.6 is 11.3 Å². The number of hydrogen-bond acceptors (Lipinski definition) is 3. The number of rotatable bonds is 5. The molecule has 1 aromatic heterocycles. The SMILES string of the molecule is CCCc1sc(NC(=O)c2ccc(F)cc2)nc1-c1ccc(C)c(C)c1. The van der Waals surface area contributed by atoms with Gasteiger partial charge in [0.25, 0.3) is 5.91 Å². The van der Waals surface area contributed by atoms with E-state index < -0.39 is 0 Å². The van der Waals surface area contributed by atoms with Gasteiger partial charge in [-0.1, -0.05) is 25.5 Å². The van der Waals surface area contributed by atoms with Crippen LogP contribution in [0.3, 0.4) is 0 Å². The number of aryl methyl sites for hydroxylation is 3. The molecule has 0 bridgehead atoms. The van der Waals surface area contributed by atoms with Crippen LogP contribution in [0.25, 0.3) is 11.3 Å². The Bertz CT molecular complexity index is 932.